The lowest BCUT2D eigenvalue weighted by atomic mass is 9.89. The molecule has 0 saturated carbocycles. The number of rotatable bonds is 5. The standard InChI is InChI=1S/C26H22O4/c1-27-15-19-13-17-9-5-7-11-21(17)23(25(19)29-3)24-22-12-8-6-10-18(22)14-20(16-28-2)26(24)30-4/h5-14H,1-4H3. The Hall–Kier alpha value is -3.66. The van der Waals surface area contributed by atoms with E-state index in [2.05, 4.69) is 36.8 Å². The van der Waals surface area contributed by atoms with Gasteiger partial charge in [0.2, 0.25) is 14.2 Å². The molecule has 0 aliphatic rings. The molecule has 4 rings (SSSR count). The van der Waals surface area contributed by atoms with Crippen LogP contribution < -0.4 is 9.47 Å². The fourth-order valence-corrected chi connectivity index (χ4v) is 3.95. The molecular weight excluding hydrogens is 376 g/mol. The molecule has 0 spiro atoms. The lowest BCUT2D eigenvalue weighted by molar-refractivity contribution is 0.185. The normalized spacial score (nSPS) is 11.7. The van der Waals surface area contributed by atoms with E-state index in [1.807, 2.05) is 36.4 Å². The third-order valence-corrected chi connectivity index (χ3v) is 5.09. The van der Waals surface area contributed by atoms with Crippen molar-refractivity contribution in [1.29, 1.82) is 0 Å². The van der Waals surface area contributed by atoms with Gasteiger partial charge in [-0.25, -0.2) is 0 Å². The first-order valence-corrected chi connectivity index (χ1v) is 9.51. The molecule has 0 N–H and O–H groups in total. The van der Waals surface area contributed by atoms with Crippen LogP contribution in [-0.2, 0) is 8.85 Å². The Kier molecular flexibility index (Phi) is 5.48. The Labute approximate surface area is 175 Å². The molecule has 0 aliphatic carbocycles. The minimum absolute atomic E-state index is 0.661. The molecule has 4 heteroatoms. The van der Waals surface area contributed by atoms with Crippen molar-refractivity contribution < 1.29 is 18.3 Å². The zero-order valence-electron chi connectivity index (χ0n) is 17.4. The third-order valence-electron chi connectivity index (χ3n) is 5.09. The van der Waals surface area contributed by atoms with Gasteiger partial charge in [-0.3, -0.25) is 0 Å². The van der Waals surface area contributed by atoms with Gasteiger partial charge in [-0.1, -0.05) is 59.3 Å². The predicted octanol–water partition coefficient (Wildman–Crippen LogP) is 4.92. The van der Waals surface area contributed by atoms with Crippen LogP contribution in [-0.4, -0.2) is 41.0 Å². The van der Waals surface area contributed by atoms with Crippen molar-refractivity contribution in [3.05, 3.63) is 71.8 Å². The first-order chi connectivity index (χ1) is 14.7. The molecule has 4 aromatic carbocycles. The van der Waals surface area contributed by atoms with Crippen LogP contribution in [0.2, 0.25) is 0 Å². The highest BCUT2D eigenvalue weighted by Gasteiger charge is 2.17. The second-order valence-electron chi connectivity index (χ2n) is 6.72. The van der Waals surface area contributed by atoms with Crippen molar-refractivity contribution in [2.24, 2.45) is 0 Å². The van der Waals surface area contributed by atoms with Crippen molar-refractivity contribution in [3.8, 4) is 22.6 Å². The van der Waals surface area contributed by atoms with Gasteiger partial charge in [0, 0.05) is 11.5 Å². The van der Waals surface area contributed by atoms with Gasteiger partial charge in [-0.05, 0) is 33.0 Å². The third kappa shape index (κ3) is 3.20. The maximum Gasteiger partial charge on any atom is 0.293 e. The number of fused-ring (bicyclic) bond motifs is 2. The van der Waals surface area contributed by atoms with Crippen molar-refractivity contribution >= 4 is 34.1 Å². The molecule has 0 unspecified atom stereocenters. The summed E-state index contributed by atoms with van der Waals surface area (Å²) in [6.45, 7) is 0. The van der Waals surface area contributed by atoms with E-state index in [-0.39, 0.29) is 0 Å². The molecule has 0 saturated heterocycles. The monoisotopic (exact) mass is 398 g/mol. The fourth-order valence-electron chi connectivity index (χ4n) is 3.95. The lowest BCUT2D eigenvalue weighted by Gasteiger charge is -2.26. The van der Waals surface area contributed by atoms with Crippen LogP contribution in [0, 0.1) is 0 Å². The average molecular weight is 398 g/mol. The van der Waals surface area contributed by atoms with E-state index in [9.17, 15) is 0 Å². The van der Waals surface area contributed by atoms with Crippen LogP contribution in [0.15, 0.2) is 60.7 Å². The molecule has 0 aliphatic heterocycles. The SMILES string of the molecule is COc1c([C-]=[O+]C)cc2ccccc2c1-c1c(OC)c([C-]=[O+]C)cc2ccccc12. The van der Waals surface area contributed by atoms with Gasteiger partial charge in [0.15, 0.2) is 0 Å². The van der Waals surface area contributed by atoms with Crippen LogP contribution in [0.3, 0.4) is 0 Å². The molecule has 0 atom stereocenters. The van der Waals surface area contributed by atoms with E-state index < -0.39 is 0 Å². The van der Waals surface area contributed by atoms with Gasteiger partial charge in [-0.2, -0.15) is 0 Å². The lowest BCUT2D eigenvalue weighted by Crippen LogP contribution is -2.01. The number of hydrogen-bond donors (Lipinski definition) is 0. The predicted molar refractivity (Wildman–Crippen MR) is 121 cm³/mol. The number of methoxy groups -OCH3 is 2. The van der Waals surface area contributed by atoms with Gasteiger partial charge >= 0.3 is 0 Å². The second-order valence-corrected chi connectivity index (χ2v) is 6.72. The molecular formula is C26H22O4. The number of hydrogen-bond acceptors (Lipinski definition) is 2. The summed E-state index contributed by atoms with van der Waals surface area (Å²) in [4.78, 5) is 0. The molecule has 0 aromatic heterocycles. The summed E-state index contributed by atoms with van der Waals surface area (Å²) >= 11 is 0. The van der Waals surface area contributed by atoms with Gasteiger partial charge in [0.05, 0.1) is 14.2 Å². The Morgan fingerprint density at radius 3 is 1.40 bits per heavy atom. The zero-order valence-corrected chi connectivity index (χ0v) is 17.4. The smallest absolute Gasteiger partial charge is 0.293 e. The van der Waals surface area contributed by atoms with Crippen LogP contribution in [0.5, 0.6) is 11.5 Å². The summed E-state index contributed by atoms with van der Waals surface area (Å²) in [5.74, 6) is 1.32. The van der Waals surface area contributed by atoms with Crippen LogP contribution in [0.25, 0.3) is 32.7 Å². The molecule has 0 bridgehead atoms. The highest BCUT2D eigenvalue weighted by Crippen LogP contribution is 2.47. The van der Waals surface area contributed by atoms with Crippen molar-refractivity contribution in [3.63, 3.8) is 0 Å². The van der Waals surface area contributed by atoms with Gasteiger partial charge < -0.3 is 18.3 Å². The Bertz CT molecular complexity index is 1180. The molecule has 4 aromatic rings. The topological polar surface area (TPSA) is 41.1 Å². The Morgan fingerprint density at radius 1 is 0.633 bits per heavy atom. The average Bonchev–Trinajstić information content (AvgIpc) is 2.78. The highest BCUT2D eigenvalue weighted by atomic mass is 16.5. The summed E-state index contributed by atoms with van der Waals surface area (Å²) in [6.07, 6.45) is 5.90. The van der Waals surface area contributed by atoms with Crippen molar-refractivity contribution in [1.82, 2.24) is 0 Å². The van der Waals surface area contributed by atoms with E-state index in [1.165, 1.54) is 0 Å². The van der Waals surface area contributed by atoms with E-state index in [4.69, 9.17) is 18.3 Å². The molecule has 0 amide bonds. The largest absolute Gasteiger partial charge is 0.553 e. The minimum atomic E-state index is 0.661. The van der Waals surface area contributed by atoms with Crippen LogP contribution in [0.1, 0.15) is 11.1 Å². The van der Waals surface area contributed by atoms with E-state index in [1.54, 1.807) is 28.4 Å². The number of carbonyl (C=O) groups excluding carboxylic acids is 2. The summed E-state index contributed by atoms with van der Waals surface area (Å²) in [5, 5.41) is 4.16. The maximum atomic E-state index is 5.89. The summed E-state index contributed by atoms with van der Waals surface area (Å²) in [6, 6.07) is 20.3. The maximum absolute atomic E-state index is 5.89. The van der Waals surface area contributed by atoms with Crippen molar-refractivity contribution in [2.45, 2.75) is 0 Å². The second kappa shape index (κ2) is 8.37. The zero-order chi connectivity index (χ0) is 21.1. The van der Waals surface area contributed by atoms with Gasteiger partial charge in [0.1, 0.15) is 0 Å². The van der Waals surface area contributed by atoms with Gasteiger partial charge in [0.25, 0.3) is 12.6 Å². The Morgan fingerprint density at radius 2 is 1.03 bits per heavy atom. The van der Waals surface area contributed by atoms with E-state index in [0.717, 1.165) is 43.8 Å². The first-order valence-electron chi connectivity index (χ1n) is 9.51. The molecule has 0 fully saturated rings. The summed E-state index contributed by atoms with van der Waals surface area (Å²) in [5.41, 5.74) is 3.26. The molecule has 150 valence electrons. The van der Waals surface area contributed by atoms with E-state index in [0.29, 0.717) is 11.5 Å². The van der Waals surface area contributed by atoms with Crippen molar-refractivity contribution in [2.75, 3.05) is 28.4 Å². The molecule has 30 heavy (non-hydrogen) atoms. The molecule has 0 radical (unpaired) electrons. The summed E-state index contributed by atoms with van der Waals surface area (Å²) in [7, 11) is 6.46. The molecule has 4 nitrogen and oxygen atoms in total. The summed E-state index contributed by atoms with van der Waals surface area (Å²) < 4.78 is 22.2. The molecule has 0 heterocycles. The van der Waals surface area contributed by atoms with E-state index >= 15 is 0 Å². The highest BCUT2D eigenvalue weighted by molar-refractivity contribution is 6.14. The first kappa shape index (κ1) is 19.6. The van der Waals surface area contributed by atoms with Gasteiger partial charge in [-0.15, -0.1) is 12.1 Å². The quantitative estimate of drug-likeness (QED) is 0.354. The van der Waals surface area contributed by atoms with Crippen LogP contribution >= 0.6 is 0 Å². The number of ether oxygens (including phenoxy) is 2. The number of benzene rings is 4. The minimum Gasteiger partial charge on any atom is -0.553 e. The van der Waals surface area contributed by atoms with Crippen LogP contribution in [0.4, 0.5) is 0 Å². The fraction of sp³-hybridized carbons (Fsp3) is 0.154. The Balaban J connectivity index is 2.28.